The van der Waals surface area contributed by atoms with E-state index in [2.05, 4.69) is 6.92 Å². The van der Waals surface area contributed by atoms with Gasteiger partial charge >= 0.3 is 5.97 Å². The lowest BCUT2D eigenvalue weighted by molar-refractivity contribution is -0.142. The molecule has 0 bridgehead atoms. The molecular formula is C13H25NO2. The van der Waals surface area contributed by atoms with Crippen molar-refractivity contribution in [2.24, 2.45) is 0 Å². The summed E-state index contributed by atoms with van der Waals surface area (Å²) in [5.74, 6) is -0.265. The van der Waals surface area contributed by atoms with Crippen LogP contribution in [0.15, 0.2) is 0 Å². The summed E-state index contributed by atoms with van der Waals surface area (Å²) in [5, 5.41) is 7.13. The quantitative estimate of drug-likeness (QED) is 0.351. The molecule has 0 atom stereocenters. The molecule has 0 fully saturated rings. The first-order chi connectivity index (χ1) is 7.66. The van der Waals surface area contributed by atoms with Crippen molar-refractivity contribution in [2.75, 3.05) is 6.61 Å². The highest BCUT2D eigenvalue weighted by atomic mass is 16.5. The van der Waals surface area contributed by atoms with E-state index in [1.807, 2.05) is 0 Å². The fourth-order valence-corrected chi connectivity index (χ4v) is 1.51. The predicted octanol–water partition coefficient (Wildman–Crippen LogP) is 3.71. The van der Waals surface area contributed by atoms with E-state index in [-0.39, 0.29) is 12.4 Å². The van der Waals surface area contributed by atoms with Crippen molar-refractivity contribution in [2.45, 2.75) is 65.2 Å². The van der Waals surface area contributed by atoms with Crippen LogP contribution in [0.1, 0.15) is 65.2 Å². The van der Waals surface area contributed by atoms with Crippen LogP contribution in [0.2, 0.25) is 0 Å². The third kappa shape index (κ3) is 11.2. The van der Waals surface area contributed by atoms with Gasteiger partial charge in [-0.1, -0.05) is 45.4 Å². The van der Waals surface area contributed by atoms with Crippen LogP contribution < -0.4 is 0 Å². The van der Waals surface area contributed by atoms with Crippen LogP contribution in [0.5, 0.6) is 0 Å². The molecule has 3 heteroatoms. The van der Waals surface area contributed by atoms with Crippen molar-refractivity contribution < 1.29 is 9.53 Å². The Bertz CT molecular complexity index is 202. The highest BCUT2D eigenvalue weighted by Gasteiger charge is 2.02. The Hall–Kier alpha value is -0.860. The molecule has 0 aromatic rings. The lowest BCUT2D eigenvalue weighted by atomic mass is 10.1. The zero-order valence-corrected chi connectivity index (χ0v) is 10.7. The molecule has 0 aromatic carbocycles. The second-order valence-corrected chi connectivity index (χ2v) is 4.30. The Morgan fingerprint density at radius 2 is 1.62 bits per heavy atom. The number of carbonyl (C=O) groups is 1. The summed E-state index contributed by atoms with van der Waals surface area (Å²) in [7, 11) is 0. The van der Waals surface area contributed by atoms with Crippen molar-refractivity contribution in [3.05, 3.63) is 0 Å². The van der Waals surface area contributed by atoms with Gasteiger partial charge in [0.25, 0.3) is 0 Å². The van der Waals surface area contributed by atoms with Crippen molar-refractivity contribution in [3.63, 3.8) is 0 Å². The van der Waals surface area contributed by atoms with Gasteiger partial charge < -0.3 is 10.1 Å². The Morgan fingerprint density at radius 3 is 2.19 bits per heavy atom. The third-order valence-corrected chi connectivity index (χ3v) is 2.42. The molecule has 0 rings (SSSR count). The smallest absolute Gasteiger partial charge is 0.311 e. The molecule has 0 heterocycles. The van der Waals surface area contributed by atoms with Crippen LogP contribution in [0.4, 0.5) is 0 Å². The van der Waals surface area contributed by atoms with Crippen LogP contribution in [-0.2, 0) is 9.53 Å². The van der Waals surface area contributed by atoms with E-state index in [1.165, 1.54) is 32.1 Å². The largest absolute Gasteiger partial charge is 0.465 e. The summed E-state index contributed by atoms with van der Waals surface area (Å²) in [6, 6.07) is 0. The van der Waals surface area contributed by atoms with Crippen molar-refractivity contribution in [3.8, 4) is 0 Å². The van der Waals surface area contributed by atoms with Gasteiger partial charge in [0, 0.05) is 5.71 Å². The van der Waals surface area contributed by atoms with E-state index in [1.54, 1.807) is 6.92 Å². The van der Waals surface area contributed by atoms with Gasteiger partial charge in [0.1, 0.15) is 0 Å². The standard InChI is InChI=1S/C13H25NO2/c1-3-4-5-6-7-8-9-10-16-13(15)11-12(2)14/h14H,3-11H2,1-2H3. The number of rotatable bonds is 10. The molecule has 0 spiro atoms. The normalized spacial score (nSPS) is 10.1. The van der Waals surface area contributed by atoms with Gasteiger partial charge in [0.05, 0.1) is 13.0 Å². The van der Waals surface area contributed by atoms with E-state index >= 15 is 0 Å². The monoisotopic (exact) mass is 227 g/mol. The number of esters is 1. The molecule has 0 unspecified atom stereocenters. The highest BCUT2D eigenvalue weighted by Crippen LogP contribution is 2.06. The van der Waals surface area contributed by atoms with Crippen LogP contribution in [0.25, 0.3) is 0 Å². The molecule has 0 aliphatic rings. The average molecular weight is 227 g/mol. The SMILES string of the molecule is CCCCCCCCCOC(=O)CC(C)=N. The minimum absolute atomic E-state index is 0.135. The molecule has 0 aliphatic heterocycles. The van der Waals surface area contributed by atoms with Crippen molar-refractivity contribution >= 4 is 11.7 Å². The molecule has 0 radical (unpaired) electrons. The molecular weight excluding hydrogens is 202 g/mol. The summed E-state index contributed by atoms with van der Waals surface area (Å²) < 4.78 is 5.00. The molecule has 94 valence electrons. The zero-order valence-electron chi connectivity index (χ0n) is 10.7. The van der Waals surface area contributed by atoms with Gasteiger partial charge in [-0.15, -0.1) is 0 Å². The van der Waals surface area contributed by atoms with E-state index in [4.69, 9.17) is 10.1 Å². The summed E-state index contributed by atoms with van der Waals surface area (Å²) in [4.78, 5) is 11.1. The van der Waals surface area contributed by atoms with Gasteiger partial charge in [-0.2, -0.15) is 0 Å². The predicted molar refractivity (Wildman–Crippen MR) is 67.0 cm³/mol. The fourth-order valence-electron chi connectivity index (χ4n) is 1.51. The topological polar surface area (TPSA) is 50.2 Å². The lowest BCUT2D eigenvalue weighted by Gasteiger charge is -2.04. The lowest BCUT2D eigenvalue weighted by Crippen LogP contribution is -2.09. The van der Waals surface area contributed by atoms with Gasteiger partial charge in [0.2, 0.25) is 0 Å². The zero-order chi connectivity index (χ0) is 12.2. The van der Waals surface area contributed by atoms with E-state index in [0.29, 0.717) is 12.3 Å². The number of unbranched alkanes of at least 4 members (excludes halogenated alkanes) is 6. The number of carbonyl (C=O) groups excluding carboxylic acids is 1. The summed E-state index contributed by atoms with van der Waals surface area (Å²) in [5.41, 5.74) is 0.365. The van der Waals surface area contributed by atoms with Gasteiger partial charge in [-0.3, -0.25) is 4.79 Å². The molecule has 0 aliphatic carbocycles. The van der Waals surface area contributed by atoms with Crippen molar-refractivity contribution in [1.29, 1.82) is 5.41 Å². The second kappa shape index (κ2) is 10.7. The Kier molecular flexibility index (Phi) is 10.1. The highest BCUT2D eigenvalue weighted by molar-refractivity contribution is 5.95. The summed E-state index contributed by atoms with van der Waals surface area (Å²) in [6.07, 6.45) is 8.69. The first kappa shape index (κ1) is 15.1. The number of hydrogen-bond acceptors (Lipinski definition) is 3. The maximum Gasteiger partial charge on any atom is 0.311 e. The van der Waals surface area contributed by atoms with E-state index < -0.39 is 0 Å². The van der Waals surface area contributed by atoms with Crippen LogP contribution in [0.3, 0.4) is 0 Å². The minimum Gasteiger partial charge on any atom is -0.465 e. The molecule has 1 N–H and O–H groups in total. The van der Waals surface area contributed by atoms with Gasteiger partial charge in [-0.05, 0) is 13.3 Å². The van der Waals surface area contributed by atoms with Crippen LogP contribution in [-0.4, -0.2) is 18.3 Å². The number of ether oxygens (including phenoxy) is 1. The molecule has 16 heavy (non-hydrogen) atoms. The first-order valence-electron chi connectivity index (χ1n) is 6.36. The molecule has 0 saturated heterocycles. The average Bonchev–Trinajstić information content (AvgIpc) is 2.21. The van der Waals surface area contributed by atoms with E-state index in [9.17, 15) is 4.79 Å². The summed E-state index contributed by atoms with van der Waals surface area (Å²) >= 11 is 0. The van der Waals surface area contributed by atoms with Gasteiger partial charge in [-0.25, -0.2) is 0 Å². The maximum atomic E-state index is 11.1. The minimum atomic E-state index is -0.265. The number of hydrogen-bond donors (Lipinski definition) is 1. The molecule has 0 saturated carbocycles. The third-order valence-electron chi connectivity index (χ3n) is 2.42. The Labute approximate surface area is 99.1 Å². The molecule has 0 aromatic heterocycles. The summed E-state index contributed by atoms with van der Waals surface area (Å²) in [6.45, 7) is 4.35. The maximum absolute atomic E-state index is 11.1. The van der Waals surface area contributed by atoms with Gasteiger partial charge in [0.15, 0.2) is 0 Å². The second-order valence-electron chi connectivity index (χ2n) is 4.30. The van der Waals surface area contributed by atoms with Crippen LogP contribution in [0, 0.1) is 5.41 Å². The number of nitrogens with one attached hydrogen (secondary N) is 1. The fraction of sp³-hybridized carbons (Fsp3) is 0.846. The first-order valence-corrected chi connectivity index (χ1v) is 6.36. The Morgan fingerprint density at radius 1 is 1.06 bits per heavy atom. The Balaban J connectivity index is 3.14. The molecule has 0 amide bonds. The van der Waals surface area contributed by atoms with Crippen molar-refractivity contribution in [1.82, 2.24) is 0 Å². The van der Waals surface area contributed by atoms with Crippen LogP contribution >= 0.6 is 0 Å². The van der Waals surface area contributed by atoms with E-state index in [0.717, 1.165) is 12.8 Å². The molecule has 3 nitrogen and oxygen atoms in total.